The van der Waals surface area contributed by atoms with Crippen LogP contribution in [-0.4, -0.2) is 57.9 Å². The van der Waals surface area contributed by atoms with Crippen LogP contribution in [0.25, 0.3) is 0 Å². The lowest BCUT2D eigenvalue weighted by Gasteiger charge is -2.33. The predicted molar refractivity (Wildman–Crippen MR) is 109 cm³/mol. The van der Waals surface area contributed by atoms with Crippen molar-refractivity contribution in [3.05, 3.63) is 21.6 Å². The van der Waals surface area contributed by atoms with Gasteiger partial charge in [0, 0.05) is 36.8 Å². The minimum Gasteiger partial charge on any atom is -0.444 e. The van der Waals surface area contributed by atoms with Gasteiger partial charge in [-0.05, 0) is 53.2 Å². The monoisotopic (exact) mass is 410 g/mol. The van der Waals surface area contributed by atoms with Gasteiger partial charge in [0.1, 0.15) is 5.60 Å². The van der Waals surface area contributed by atoms with Gasteiger partial charge in [0.2, 0.25) is 5.91 Å². The van der Waals surface area contributed by atoms with Crippen LogP contribution >= 0.6 is 11.8 Å². The molecule has 1 aromatic heterocycles. The molecule has 156 valence electrons. The number of aromatic amines is 1. The molecule has 0 bridgehead atoms. The third-order valence-corrected chi connectivity index (χ3v) is 5.09. The third kappa shape index (κ3) is 6.54. The average molecular weight is 411 g/mol. The molecule has 28 heavy (non-hydrogen) atoms. The van der Waals surface area contributed by atoms with Gasteiger partial charge in [-0.3, -0.25) is 9.59 Å². The summed E-state index contributed by atoms with van der Waals surface area (Å²) in [6, 6.07) is 0.0301. The van der Waals surface area contributed by atoms with Crippen molar-refractivity contribution in [3.8, 4) is 0 Å². The number of hydrogen-bond acceptors (Lipinski definition) is 6. The van der Waals surface area contributed by atoms with Crippen LogP contribution < -0.4 is 10.9 Å². The average Bonchev–Trinajstić information content (AvgIpc) is 2.59. The quantitative estimate of drug-likeness (QED) is 0.570. The van der Waals surface area contributed by atoms with Crippen molar-refractivity contribution in [1.82, 2.24) is 20.2 Å². The van der Waals surface area contributed by atoms with E-state index in [1.807, 2.05) is 27.0 Å². The van der Waals surface area contributed by atoms with Crippen LogP contribution in [0.1, 0.15) is 51.3 Å². The molecule has 0 radical (unpaired) electrons. The van der Waals surface area contributed by atoms with Crippen LogP contribution in [0.5, 0.6) is 0 Å². The smallest absolute Gasteiger partial charge is 0.410 e. The van der Waals surface area contributed by atoms with Gasteiger partial charge >= 0.3 is 6.09 Å². The fourth-order valence-electron chi connectivity index (χ4n) is 3.05. The molecule has 1 fully saturated rings. The zero-order valence-corrected chi connectivity index (χ0v) is 18.1. The van der Waals surface area contributed by atoms with Crippen molar-refractivity contribution < 1.29 is 14.3 Å². The molecule has 0 spiro atoms. The van der Waals surface area contributed by atoms with E-state index in [4.69, 9.17) is 4.74 Å². The number of rotatable bonds is 5. The Morgan fingerprint density at radius 1 is 1.32 bits per heavy atom. The molecule has 2 rings (SSSR count). The highest BCUT2D eigenvalue weighted by Crippen LogP contribution is 2.16. The number of carbonyl (C=O) groups excluding carboxylic acids is 2. The molecule has 2 heterocycles. The predicted octanol–water partition coefficient (Wildman–Crippen LogP) is 2.25. The van der Waals surface area contributed by atoms with Gasteiger partial charge in [0.25, 0.3) is 5.56 Å². The maximum absolute atomic E-state index is 12.3. The summed E-state index contributed by atoms with van der Waals surface area (Å²) in [5, 5.41) is 3.58. The first-order valence-corrected chi connectivity index (χ1v) is 10.7. The van der Waals surface area contributed by atoms with Crippen molar-refractivity contribution >= 4 is 23.8 Å². The molecule has 1 aliphatic rings. The van der Waals surface area contributed by atoms with Gasteiger partial charge in [-0.25, -0.2) is 9.78 Å². The van der Waals surface area contributed by atoms with E-state index < -0.39 is 5.60 Å². The Labute approximate surface area is 169 Å². The molecule has 1 aliphatic heterocycles. The molecule has 0 aliphatic carbocycles. The number of amides is 2. The Hall–Kier alpha value is -2.03. The summed E-state index contributed by atoms with van der Waals surface area (Å²) < 4.78 is 5.38. The molecule has 8 nitrogen and oxygen atoms in total. The van der Waals surface area contributed by atoms with E-state index in [1.165, 1.54) is 11.8 Å². The molecule has 0 atom stereocenters. The molecule has 0 unspecified atom stereocenters. The van der Waals surface area contributed by atoms with E-state index in [2.05, 4.69) is 15.3 Å². The number of piperidine rings is 1. The Morgan fingerprint density at radius 2 is 1.96 bits per heavy atom. The molecule has 0 saturated carbocycles. The topological polar surface area (TPSA) is 104 Å². The first-order valence-electron chi connectivity index (χ1n) is 9.50. The second-order valence-electron chi connectivity index (χ2n) is 7.95. The summed E-state index contributed by atoms with van der Waals surface area (Å²) >= 11 is 1.38. The number of H-pyrrole nitrogens is 1. The van der Waals surface area contributed by atoms with E-state index in [9.17, 15) is 14.4 Å². The normalized spacial score (nSPS) is 15.4. The van der Waals surface area contributed by atoms with E-state index >= 15 is 0 Å². The summed E-state index contributed by atoms with van der Waals surface area (Å²) in [4.78, 5) is 45.2. The number of nitrogens with zero attached hydrogens (tertiary/aromatic N) is 2. The molecule has 9 heteroatoms. The molecule has 2 amide bonds. The number of thioether (sulfide) groups is 1. The summed E-state index contributed by atoms with van der Waals surface area (Å²) in [6.45, 7) is 8.42. The second-order valence-corrected chi connectivity index (χ2v) is 8.74. The van der Waals surface area contributed by atoms with E-state index in [-0.39, 0.29) is 30.0 Å². The van der Waals surface area contributed by atoms with Crippen LogP contribution in [0.2, 0.25) is 0 Å². The van der Waals surface area contributed by atoms with Crippen LogP contribution in [-0.2, 0) is 16.0 Å². The third-order valence-electron chi connectivity index (χ3n) is 4.51. The van der Waals surface area contributed by atoms with Crippen LogP contribution in [0, 0.1) is 6.92 Å². The minimum atomic E-state index is -0.513. The number of likely N-dealkylation sites (tertiary alicyclic amines) is 1. The zero-order valence-electron chi connectivity index (χ0n) is 17.3. The standard InChI is InChI=1S/C19H30N4O4S/c1-12-14(16(25)22-17(20-12)28-5)6-7-15(24)21-13-8-10-23(11-9-13)18(26)27-19(2,3)4/h13H,6-11H2,1-5H3,(H,21,24)(H,20,22,25). The number of ether oxygens (including phenoxy) is 1. The first kappa shape index (κ1) is 22.3. The van der Waals surface area contributed by atoms with Gasteiger partial charge in [0.05, 0.1) is 0 Å². The molecule has 1 aromatic rings. The summed E-state index contributed by atoms with van der Waals surface area (Å²) in [6.07, 6.45) is 3.50. The van der Waals surface area contributed by atoms with Gasteiger partial charge in [-0.15, -0.1) is 0 Å². The number of carbonyl (C=O) groups is 2. The highest BCUT2D eigenvalue weighted by molar-refractivity contribution is 7.98. The maximum atomic E-state index is 12.3. The van der Waals surface area contributed by atoms with Gasteiger partial charge in [-0.1, -0.05) is 11.8 Å². The molecule has 1 saturated heterocycles. The zero-order chi connectivity index (χ0) is 20.9. The fourth-order valence-corrected chi connectivity index (χ4v) is 3.47. The summed E-state index contributed by atoms with van der Waals surface area (Å²) in [5.74, 6) is -0.0940. The van der Waals surface area contributed by atoms with Crippen LogP contribution in [0.15, 0.2) is 9.95 Å². The molecule has 0 aromatic carbocycles. The number of aromatic nitrogens is 2. The Kier molecular flexibility index (Phi) is 7.51. The molecule has 2 N–H and O–H groups in total. The maximum Gasteiger partial charge on any atom is 0.410 e. The highest BCUT2D eigenvalue weighted by Gasteiger charge is 2.27. The van der Waals surface area contributed by atoms with E-state index in [0.29, 0.717) is 48.8 Å². The SMILES string of the molecule is CSc1nc(C)c(CCC(=O)NC2CCN(C(=O)OC(C)(C)C)CC2)c(=O)[nH]1. The summed E-state index contributed by atoms with van der Waals surface area (Å²) in [5.41, 5.74) is 0.510. The van der Waals surface area contributed by atoms with E-state index in [0.717, 1.165) is 0 Å². The minimum absolute atomic E-state index is 0.0301. The van der Waals surface area contributed by atoms with Crippen molar-refractivity contribution in [2.24, 2.45) is 0 Å². The van der Waals surface area contributed by atoms with Crippen molar-refractivity contribution in [1.29, 1.82) is 0 Å². The van der Waals surface area contributed by atoms with Crippen LogP contribution in [0.4, 0.5) is 4.79 Å². The number of hydrogen-bond donors (Lipinski definition) is 2. The summed E-state index contributed by atoms with van der Waals surface area (Å²) in [7, 11) is 0. The van der Waals surface area contributed by atoms with Gasteiger partial charge in [-0.2, -0.15) is 0 Å². The highest BCUT2D eigenvalue weighted by atomic mass is 32.2. The lowest BCUT2D eigenvalue weighted by Crippen LogP contribution is -2.47. The fraction of sp³-hybridized carbons (Fsp3) is 0.684. The lowest BCUT2D eigenvalue weighted by molar-refractivity contribution is -0.122. The van der Waals surface area contributed by atoms with Crippen molar-refractivity contribution in [3.63, 3.8) is 0 Å². The molecular formula is C19H30N4O4S. The van der Waals surface area contributed by atoms with Crippen molar-refractivity contribution in [2.75, 3.05) is 19.3 Å². The van der Waals surface area contributed by atoms with Gasteiger partial charge in [0.15, 0.2) is 5.16 Å². The first-order chi connectivity index (χ1) is 13.1. The lowest BCUT2D eigenvalue weighted by atomic mass is 10.0. The Balaban J connectivity index is 1.79. The second kappa shape index (κ2) is 9.45. The van der Waals surface area contributed by atoms with Crippen LogP contribution in [0.3, 0.4) is 0 Å². The van der Waals surface area contributed by atoms with Crippen molar-refractivity contribution in [2.45, 2.75) is 70.2 Å². The largest absolute Gasteiger partial charge is 0.444 e. The number of nitrogens with one attached hydrogen (secondary N) is 2. The number of aryl methyl sites for hydroxylation is 1. The van der Waals surface area contributed by atoms with E-state index in [1.54, 1.807) is 11.8 Å². The van der Waals surface area contributed by atoms with Gasteiger partial charge < -0.3 is 19.9 Å². The Morgan fingerprint density at radius 3 is 2.50 bits per heavy atom. The molecular weight excluding hydrogens is 380 g/mol. The Bertz CT molecular complexity index is 764.